The highest BCUT2D eigenvalue weighted by atomic mass is 16.5. The molecule has 0 aliphatic carbocycles. The minimum atomic E-state index is -0.102. The van der Waals surface area contributed by atoms with Gasteiger partial charge in [-0.1, -0.05) is 5.92 Å². The third kappa shape index (κ3) is 2.95. The van der Waals surface area contributed by atoms with Crippen LogP contribution in [0.15, 0.2) is 0 Å². The van der Waals surface area contributed by atoms with Gasteiger partial charge in [0, 0.05) is 26.1 Å². The Morgan fingerprint density at radius 3 is 2.73 bits per heavy atom. The van der Waals surface area contributed by atoms with Gasteiger partial charge >= 0.3 is 0 Å². The van der Waals surface area contributed by atoms with Crippen LogP contribution >= 0.6 is 0 Å². The molecule has 0 saturated carbocycles. The summed E-state index contributed by atoms with van der Waals surface area (Å²) in [6.45, 7) is 4.34. The molecule has 2 N–H and O–H groups in total. The Bertz CT molecular complexity index is 280. The summed E-state index contributed by atoms with van der Waals surface area (Å²) in [6.07, 6.45) is 0. The third-order valence-electron chi connectivity index (χ3n) is 2.78. The molecule has 0 aromatic rings. The lowest BCUT2D eigenvalue weighted by Crippen LogP contribution is -2.28. The SMILES string of the molecule is CC#CC(=O)N1CC(CN)C(COC)C1. The van der Waals surface area contributed by atoms with Crippen molar-refractivity contribution in [1.82, 2.24) is 4.90 Å². The normalized spacial score (nSPS) is 24.9. The fraction of sp³-hybridized carbons (Fsp3) is 0.727. The number of likely N-dealkylation sites (tertiary alicyclic amines) is 1. The van der Waals surface area contributed by atoms with Gasteiger partial charge in [0.25, 0.3) is 5.91 Å². The molecule has 1 aliphatic rings. The smallest absolute Gasteiger partial charge is 0.298 e. The molecule has 1 amide bonds. The van der Waals surface area contributed by atoms with Crippen LogP contribution < -0.4 is 5.73 Å². The van der Waals surface area contributed by atoms with Gasteiger partial charge in [0.2, 0.25) is 0 Å². The summed E-state index contributed by atoms with van der Waals surface area (Å²) in [6, 6.07) is 0. The maximum atomic E-state index is 11.5. The van der Waals surface area contributed by atoms with Crippen LogP contribution in [0.1, 0.15) is 6.92 Å². The summed E-state index contributed by atoms with van der Waals surface area (Å²) in [4.78, 5) is 13.3. The first kappa shape index (κ1) is 12.0. The predicted octanol–water partition coefficient (Wildman–Crippen LogP) is -0.311. The molecule has 2 atom stereocenters. The van der Waals surface area contributed by atoms with Crippen LogP contribution in [-0.4, -0.2) is 44.2 Å². The number of methoxy groups -OCH3 is 1. The molecule has 1 fully saturated rings. The van der Waals surface area contributed by atoms with E-state index in [1.807, 2.05) is 0 Å². The summed E-state index contributed by atoms with van der Waals surface area (Å²) in [5, 5.41) is 0. The van der Waals surface area contributed by atoms with E-state index in [2.05, 4.69) is 11.8 Å². The number of ether oxygens (including phenoxy) is 1. The summed E-state index contributed by atoms with van der Waals surface area (Å²) in [5.41, 5.74) is 5.66. The number of nitrogens with two attached hydrogens (primary N) is 1. The molecule has 0 spiro atoms. The first-order valence-corrected chi connectivity index (χ1v) is 5.13. The molecule has 1 heterocycles. The fourth-order valence-corrected chi connectivity index (χ4v) is 1.96. The maximum absolute atomic E-state index is 11.5. The van der Waals surface area contributed by atoms with Crippen LogP contribution in [0.25, 0.3) is 0 Å². The molecular weight excluding hydrogens is 192 g/mol. The first-order chi connectivity index (χ1) is 7.22. The maximum Gasteiger partial charge on any atom is 0.298 e. The van der Waals surface area contributed by atoms with E-state index in [-0.39, 0.29) is 5.91 Å². The van der Waals surface area contributed by atoms with Gasteiger partial charge in [-0.3, -0.25) is 4.79 Å². The van der Waals surface area contributed by atoms with Gasteiger partial charge in [-0.25, -0.2) is 0 Å². The molecule has 0 radical (unpaired) electrons. The average molecular weight is 210 g/mol. The molecule has 4 nitrogen and oxygen atoms in total. The Balaban J connectivity index is 2.58. The van der Waals surface area contributed by atoms with Crippen LogP contribution in [0.2, 0.25) is 0 Å². The molecule has 1 saturated heterocycles. The molecular formula is C11H18N2O2. The lowest BCUT2D eigenvalue weighted by atomic mass is 9.97. The number of hydrogen-bond acceptors (Lipinski definition) is 3. The average Bonchev–Trinajstić information content (AvgIpc) is 2.62. The van der Waals surface area contributed by atoms with Crippen molar-refractivity contribution in [3.8, 4) is 11.8 Å². The second-order valence-electron chi connectivity index (χ2n) is 3.80. The second-order valence-corrected chi connectivity index (χ2v) is 3.80. The van der Waals surface area contributed by atoms with Crippen LogP contribution in [0.3, 0.4) is 0 Å². The van der Waals surface area contributed by atoms with Gasteiger partial charge in [-0.2, -0.15) is 0 Å². The fourth-order valence-electron chi connectivity index (χ4n) is 1.96. The zero-order valence-corrected chi connectivity index (χ0v) is 9.32. The monoisotopic (exact) mass is 210 g/mol. The lowest BCUT2D eigenvalue weighted by Gasteiger charge is -2.13. The number of nitrogens with zero attached hydrogens (tertiary/aromatic N) is 1. The van der Waals surface area contributed by atoms with E-state index in [9.17, 15) is 4.79 Å². The standard InChI is InChI=1S/C11H18N2O2/c1-3-4-11(14)13-6-9(5-12)10(7-13)8-15-2/h9-10H,5-8,12H2,1-2H3. The quantitative estimate of drug-likeness (QED) is 0.650. The summed E-state index contributed by atoms with van der Waals surface area (Å²) in [7, 11) is 1.67. The number of rotatable bonds is 3. The van der Waals surface area contributed by atoms with E-state index < -0.39 is 0 Å². The molecule has 0 aromatic heterocycles. The highest BCUT2D eigenvalue weighted by Gasteiger charge is 2.33. The molecule has 2 unspecified atom stereocenters. The Morgan fingerprint density at radius 1 is 1.53 bits per heavy atom. The van der Waals surface area contributed by atoms with Crippen molar-refractivity contribution in [1.29, 1.82) is 0 Å². The predicted molar refractivity (Wildman–Crippen MR) is 57.9 cm³/mol. The van der Waals surface area contributed by atoms with Crippen molar-refractivity contribution < 1.29 is 9.53 Å². The number of hydrogen-bond donors (Lipinski definition) is 1. The van der Waals surface area contributed by atoms with Crippen molar-refractivity contribution in [3.05, 3.63) is 0 Å². The van der Waals surface area contributed by atoms with E-state index in [4.69, 9.17) is 10.5 Å². The van der Waals surface area contributed by atoms with Gasteiger partial charge in [0.15, 0.2) is 0 Å². The zero-order valence-electron chi connectivity index (χ0n) is 9.32. The summed E-state index contributed by atoms with van der Waals surface area (Å²) < 4.78 is 5.12. The highest BCUT2D eigenvalue weighted by molar-refractivity contribution is 5.93. The van der Waals surface area contributed by atoms with Gasteiger partial charge in [0.1, 0.15) is 0 Å². The van der Waals surface area contributed by atoms with Crippen LogP contribution in [0, 0.1) is 23.7 Å². The zero-order chi connectivity index (χ0) is 11.3. The van der Waals surface area contributed by atoms with Crippen molar-refractivity contribution in [3.63, 3.8) is 0 Å². The Morgan fingerprint density at radius 2 is 2.20 bits per heavy atom. The molecule has 0 bridgehead atoms. The Hall–Kier alpha value is -1.05. The van der Waals surface area contributed by atoms with E-state index in [1.54, 1.807) is 18.9 Å². The minimum absolute atomic E-state index is 0.102. The van der Waals surface area contributed by atoms with Gasteiger partial charge in [0.05, 0.1) is 6.61 Å². The number of amides is 1. The molecule has 15 heavy (non-hydrogen) atoms. The minimum Gasteiger partial charge on any atom is -0.384 e. The molecule has 0 aromatic carbocycles. The summed E-state index contributed by atoms with van der Waals surface area (Å²) >= 11 is 0. The van der Waals surface area contributed by atoms with Crippen molar-refractivity contribution in [2.45, 2.75) is 6.92 Å². The van der Waals surface area contributed by atoms with Gasteiger partial charge in [-0.05, 0) is 25.3 Å². The van der Waals surface area contributed by atoms with Crippen LogP contribution in [-0.2, 0) is 9.53 Å². The molecule has 1 aliphatic heterocycles. The molecule has 1 rings (SSSR count). The highest BCUT2D eigenvalue weighted by Crippen LogP contribution is 2.22. The van der Waals surface area contributed by atoms with Gasteiger partial charge in [-0.15, -0.1) is 0 Å². The van der Waals surface area contributed by atoms with Crippen LogP contribution in [0.4, 0.5) is 0 Å². The topological polar surface area (TPSA) is 55.6 Å². The number of carbonyl (C=O) groups is 1. The van der Waals surface area contributed by atoms with E-state index in [1.165, 1.54) is 0 Å². The first-order valence-electron chi connectivity index (χ1n) is 5.13. The van der Waals surface area contributed by atoms with E-state index >= 15 is 0 Å². The van der Waals surface area contributed by atoms with E-state index in [0.717, 1.165) is 0 Å². The van der Waals surface area contributed by atoms with Crippen molar-refractivity contribution >= 4 is 5.91 Å². The largest absolute Gasteiger partial charge is 0.384 e. The molecule has 4 heteroatoms. The van der Waals surface area contributed by atoms with E-state index in [0.29, 0.717) is 38.1 Å². The number of carbonyl (C=O) groups excluding carboxylic acids is 1. The lowest BCUT2D eigenvalue weighted by molar-refractivity contribution is -0.124. The Labute approximate surface area is 90.8 Å². The van der Waals surface area contributed by atoms with Gasteiger partial charge < -0.3 is 15.4 Å². The second kappa shape index (κ2) is 5.74. The van der Waals surface area contributed by atoms with Crippen molar-refractivity contribution in [2.24, 2.45) is 17.6 Å². The molecule has 84 valence electrons. The van der Waals surface area contributed by atoms with Crippen molar-refractivity contribution in [2.75, 3.05) is 33.4 Å². The third-order valence-corrected chi connectivity index (χ3v) is 2.78. The van der Waals surface area contributed by atoms with Crippen LogP contribution in [0.5, 0.6) is 0 Å². The summed E-state index contributed by atoms with van der Waals surface area (Å²) in [5.74, 6) is 5.76. The Kier molecular flexibility index (Phi) is 4.60.